The van der Waals surface area contributed by atoms with Gasteiger partial charge < -0.3 is 15.4 Å². The van der Waals surface area contributed by atoms with Gasteiger partial charge in [-0.2, -0.15) is 0 Å². The first kappa shape index (κ1) is 20.1. The molecule has 0 amide bonds. The zero-order chi connectivity index (χ0) is 18.8. The van der Waals surface area contributed by atoms with E-state index >= 15 is 0 Å². The summed E-state index contributed by atoms with van der Waals surface area (Å²) in [5, 5.41) is 7.47. The van der Waals surface area contributed by atoms with Gasteiger partial charge in [-0.1, -0.05) is 18.2 Å². The Bertz CT molecular complexity index is 832. The number of aliphatic imine (C=N–C) groups is 1. The van der Waals surface area contributed by atoms with Gasteiger partial charge in [0.15, 0.2) is 5.96 Å². The van der Waals surface area contributed by atoms with Crippen LogP contribution in [0.4, 0.5) is 0 Å². The van der Waals surface area contributed by atoms with Crippen LogP contribution in [-0.4, -0.2) is 57.7 Å². The van der Waals surface area contributed by atoms with Crippen LogP contribution in [0, 0.1) is 0 Å². The summed E-state index contributed by atoms with van der Waals surface area (Å²) in [6.07, 6.45) is 3.00. The van der Waals surface area contributed by atoms with Crippen LogP contribution >= 0.6 is 0 Å². The zero-order valence-electron chi connectivity index (χ0n) is 15.2. The third kappa shape index (κ3) is 6.97. The summed E-state index contributed by atoms with van der Waals surface area (Å²) >= 11 is 0. The molecule has 0 aliphatic rings. The Morgan fingerprint density at radius 1 is 1.19 bits per heavy atom. The van der Waals surface area contributed by atoms with E-state index in [9.17, 15) is 8.42 Å². The van der Waals surface area contributed by atoms with E-state index in [-0.39, 0.29) is 12.4 Å². The van der Waals surface area contributed by atoms with Crippen molar-refractivity contribution >= 4 is 26.7 Å². The molecule has 0 bridgehead atoms. The lowest BCUT2D eigenvalue weighted by Gasteiger charge is -2.12. The molecule has 0 spiro atoms. The van der Waals surface area contributed by atoms with Gasteiger partial charge in [0.05, 0.1) is 31.0 Å². The van der Waals surface area contributed by atoms with Gasteiger partial charge in [-0.15, -0.1) is 0 Å². The van der Waals surface area contributed by atoms with Crippen LogP contribution < -0.4 is 10.6 Å². The van der Waals surface area contributed by atoms with Crippen molar-refractivity contribution in [2.75, 3.05) is 38.3 Å². The molecule has 26 heavy (non-hydrogen) atoms. The average molecular weight is 378 g/mol. The van der Waals surface area contributed by atoms with E-state index in [4.69, 9.17) is 4.74 Å². The van der Waals surface area contributed by atoms with Gasteiger partial charge in [0.25, 0.3) is 0 Å². The van der Waals surface area contributed by atoms with E-state index < -0.39 is 9.84 Å². The largest absolute Gasteiger partial charge is 0.379 e. The van der Waals surface area contributed by atoms with Gasteiger partial charge in [-0.3, -0.25) is 4.98 Å². The average Bonchev–Trinajstić information content (AvgIpc) is 2.61. The van der Waals surface area contributed by atoms with Gasteiger partial charge in [0.2, 0.25) is 0 Å². The maximum Gasteiger partial charge on any atom is 0.191 e. The van der Waals surface area contributed by atoms with E-state index in [0.717, 1.165) is 23.0 Å². The molecule has 0 saturated carbocycles. The molecule has 0 aliphatic carbocycles. The fourth-order valence-electron chi connectivity index (χ4n) is 2.35. The Morgan fingerprint density at radius 2 is 2.00 bits per heavy atom. The lowest BCUT2D eigenvalue weighted by molar-refractivity contribution is 0.154. The van der Waals surface area contributed by atoms with Crippen molar-refractivity contribution in [3.05, 3.63) is 42.1 Å². The number of fused-ring (bicyclic) bond motifs is 1. The summed E-state index contributed by atoms with van der Waals surface area (Å²) in [4.78, 5) is 8.97. The van der Waals surface area contributed by atoms with Crippen LogP contribution in [0.2, 0.25) is 0 Å². The summed E-state index contributed by atoms with van der Waals surface area (Å²) in [6.45, 7) is 4.45. The molecule has 0 aliphatic heterocycles. The highest BCUT2D eigenvalue weighted by Gasteiger charge is 2.03. The van der Waals surface area contributed by atoms with Crippen molar-refractivity contribution in [2.24, 2.45) is 4.99 Å². The van der Waals surface area contributed by atoms with Gasteiger partial charge in [0, 0.05) is 30.9 Å². The summed E-state index contributed by atoms with van der Waals surface area (Å²) in [7, 11) is -2.98. The highest BCUT2D eigenvalue weighted by Crippen LogP contribution is 2.16. The number of pyridine rings is 1. The molecular formula is C18H26N4O3S. The number of rotatable bonds is 9. The first-order chi connectivity index (χ1) is 12.5. The molecule has 1 aromatic carbocycles. The Balaban J connectivity index is 1.88. The number of hydrogen-bond donors (Lipinski definition) is 2. The Morgan fingerprint density at radius 3 is 2.77 bits per heavy atom. The van der Waals surface area contributed by atoms with E-state index in [1.165, 1.54) is 6.26 Å². The molecule has 0 fully saturated rings. The van der Waals surface area contributed by atoms with E-state index in [1.54, 1.807) is 6.20 Å². The molecule has 0 radical (unpaired) electrons. The highest BCUT2D eigenvalue weighted by atomic mass is 32.2. The second-order valence-electron chi connectivity index (χ2n) is 5.85. The van der Waals surface area contributed by atoms with Gasteiger partial charge in [-0.05, 0) is 24.6 Å². The molecule has 1 aromatic heterocycles. The smallest absolute Gasteiger partial charge is 0.191 e. The predicted molar refractivity (Wildman–Crippen MR) is 105 cm³/mol. The minimum atomic E-state index is -2.98. The second kappa shape index (κ2) is 10.1. The Kier molecular flexibility index (Phi) is 7.80. The first-order valence-corrected chi connectivity index (χ1v) is 10.7. The van der Waals surface area contributed by atoms with Gasteiger partial charge >= 0.3 is 0 Å². The minimum absolute atomic E-state index is 0.0380. The number of nitrogens with one attached hydrogen (secondary N) is 2. The maximum atomic E-state index is 11.0. The number of ether oxygens (including phenoxy) is 1. The van der Waals surface area contributed by atoms with Crippen molar-refractivity contribution < 1.29 is 13.2 Å². The molecule has 2 rings (SSSR count). The topological polar surface area (TPSA) is 92.7 Å². The number of sulfone groups is 1. The van der Waals surface area contributed by atoms with Crippen LogP contribution in [0.1, 0.15) is 12.5 Å². The summed E-state index contributed by atoms with van der Waals surface area (Å²) in [5.41, 5.74) is 2.06. The van der Waals surface area contributed by atoms with Crippen LogP contribution in [0.3, 0.4) is 0 Å². The van der Waals surface area contributed by atoms with E-state index in [2.05, 4.69) is 20.6 Å². The number of benzene rings is 1. The van der Waals surface area contributed by atoms with Crippen molar-refractivity contribution in [1.29, 1.82) is 0 Å². The predicted octanol–water partition coefficient (Wildman–Crippen LogP) is 1.35. The molecule has 1 heterocycles. The maximum absolute atomic E-state index is 11.0. The molecule has 7 nitrogen and oxygen atoms in total. The van der Waals surface area contributed by atoms with Crippen molar-refractivity contribution in [3.63, 3.8) is 0 Å². The quantitative estimate of drug-likeness (QED) is 0.389. The standard InChI is InChI=1S/C18H26N4O3S/c1-3-19-18(21-10-11-25-12-13-26(2,23)24)22-14-15-8-9-20-17-7-5-4-6-16(15)17/h4-9H,3,10-14H2,1-2H3,(H2,19,21,22). The monoisotopic (exact) mass is 378 g/mol. The summed E-state index contributed by atoms with van der Waals surface area (Å²) < 4.78 is 27.4. The Labute approximate surface area is 154 Å². The second-order valence-corrected chi connectivity index (χ2v) is 8.11. The lowest BCUT2D eigenvalue weighted by atomic mass is 10.1. The molecule has 0 saturated heterocycles. The third-order valence-electron chi connectivity index (χ3n) is 3.63. The van der Waals surface area contributed by atoms with Crippen molar-refractivity contribution in [1.82, 2.24) is 15.6 Å². The highest BCUT2D eigenvalue weighted by molar-refractivity contribution is 7.90. The van der Waals surface area contributed by atoms with Crippen molar-refractivity contribution in [2.45, 2.75) is 13.5 Å². The van der Waals surface area contributed by atoms with Gasteiger partial charge in [0.1, 0.15) is 9.84 Å². The van der Waals surface area contributed by atoms with E-state index in [0.29, 0.717) is 25.7 Å². The number of aromatic nitrogens is 1. The molecule has 8 heteroatoms. The van der Waals surface area contributed by atoms with Gasteiger partial charge in [-0.25, -0.2) is 13.4 Å². The van der Waals surface area contributed by atoms with E-state index in [1.807, 2.05) is 37.3 Å². The molecule has 0 atom stereocenters. The fourth-order valence-corrected chi connectivity index (χ4v) is 2.77. The first-order valence-electron chi connectivity index (χ1n) is 8.60. The minimum Gasteiger partial charge on any atom is -0.379 e. The molecular weight excluding hydrogens is 352 g/mol. The number of nitrogens with zero attached hydrogens (tertiary/aromatic N) is 2. The van der Waals surface area contributed by atoms with Crippen LogP contribution in [0.5, 0.6) is 0 Å². The van der Waals surface area contributed by atoms with Crippen LogP contribution in [0.15, 0.2) is 41.5 Å². The summed E-state index contributed by atoms with van der Waals surface area (Å²) in [5.74, 6) is 0.733. The van der Waals surface area contributed by atoms with Crippen LogP contribution in [-0.2, 0) is 21.1 Å². The SMILES string of the molecule is CCNC(=NCc1ccnc2ccccc12)NCCOCCS(C)(=O)=O. The normalized spacial score (nSPS) is 12.3. The zero-order valence-corrected chi connectivity index (χ0v) is 16.1. The molecule has 2 N–H and O–H groups in total. The van der Waals surface area contributed by atoms with Crippen molar-refractivity contribution in [3.8, 4) is 0 Å². The fraction of sp³-hybridized carbons (Fsp3) is 0.444. The number of hydrogen-bond acceptors (Lipinski definition) is 5. The Hall–Kier alpha value is -2.19. The summed E-state index contributed by atoms with van der Waals surface area (Å²) in [6, 6.07) is 9.97. The molecule has 0 unspecified atom stereocenters. The lowest BCUT2D eigenvalue weighted by Crippen LogP contribution is -2.39. The number of guanidine groups is 1. The number of para-hydroxylation sites is 1. The van der Waals surface area contributed by atoms with Crippen LogP contribution in [0.25, 0.3) is 10.9 Å². The third-order valence-corrected chi connectivity index (χ3v) is 4.54. The molecule has 142 valence electrons. The molecule has 2 aromatic rings.